The molecule has 0 aromatic heterocycles. The van der Waals surface area contributed by atoms with Crippen LogP contribution in [0.2, 0.25) is 0 Å². The van der Waals surface area contributed by atoms with Crippen LogP contribution < -0.4 is 0 Å². The van der Waals surface area contributed by atoms with Crippen molar-refractivity contribution >= 4 is 23.2 Å². The van der Waals surface area contributed by atoms with E-state index in [4.69, 9.17) is 23.2 Å². The van der Waals surface area contributed by atoms with E-state index in [2.05, 4.69) is 33.7 Å². The minimum atomic E-state index is -0.739. The topological polar surface area (TPSA) is 13.0 Å². The maximum Gasteiger partial charge on any atom is 0.172 e. The fourth-order valence-corrected chi connectivity index (χ4v) is 3.42. The van der Waals surface area contributed by atoms with Gasteiger partial charge in [-0.05, 0) is 33.6 Å². The summed E-state index contributed by atoms with van der Waals surface area (Å²) in [6.45, 7) is 9.53. The first-order valence-electron chi connectivity index (χ1n) is 7.70. The summed E-state index contributed by atoms with van der Waals surface area (Å²) in [5, 5.41) is 0. The first-order chi connectivity index (χ1) is 9.47. The molecule has 2 heterocycles. The number of rotatable bonds is 0. The third kappa shape index (κ3) is 6.52. The second kappa shape index (κ2) is 9.29. The second-order valence-corrected chi connectivity index (χ2v) is 7.65. The quantitative estimate of drug-likeness (QED) is 0.354. The van der Waals surface area contributed by atoms with Crippen molar-refractivity contribution in [1.29, 1.82) is 0 Å². The molecule has 0 N–H and O–H groups in total. The Hall–Kier alpha value is 0.939. The zero-order valence-corrected chi connectivity index (χ0v) is 15.6. The monoisotopic (exact) mass is 385 g/mol. The molecule has 129 valence electrons. The van der Waals surface area contributed by atoms with Crippen molar-refractivity contribution in [2.45, 2.75) is 17.3 Å². The van der Waals surface area contributed by atoms with Gasteiger partial charge in [0.25, 0.3) is 0 Å². The summed E-state index contributed by atoms with van der Waals surface area (Å²) in [5.74, 6) is 0. The van der Waals surface area contributed by atoms with E-state index in [0.29, 0.717) is 0 Å². The third-order valence-electron chi connectivity index (χ3n) is 4.51. The molecule has 2 aliphatic heterocycles. The van der Waals surface area contributed by atoms with E-state index in [1.807, 2.05) is 0 Å². The fourth-order valence-electron chi connectivity index (χ4n) is 2.91. The van der Waals surface area contributed by atoms with Gasteiger partial charge in [-0.3, -0.25) is 4.90 Å². The molecule has 2 bridgehead atoms. The Bertz CT molecular complexity index is 307. The number of nitrogens with zero attached hydrogens (tertiary/aromatic N) is 4. The third-order valence-corrected chi connectivity index (χ3v) is 5.36. The van der Waals surface area contributed by atoms with Crippen LogP contribution >= 0.6 is 23.2 Å². The van der Waals surface area contributed by atoms with Crippen molar-refractivity contribution in [2.24, 2.45) is 0 Å². The van der Waals surface area contributed by atoms with Gasteiger partial charge in [0.15, 0.2) is 4.46 Å². The van der Waals surface area contributed by atoms with Gasteiger partial charge in [-0.2, -0.15) is 0 Å². The van der Waals surface area contributed by atoms with Gasteiger partial charge in [-0.1, -0.05) is 23.2 Å². The molecule has 2 fully saturated rings. The van der Waals surface area contributed by atoms with Crippen LogP contribution in [0.1, 0.15) is 12.8 Å². The number of hydrogen-bond donors (Lipinski definition) is 0. The number of likely N-dealkylation sites (N-methyl/N-ethyl adjacent to an activating group) is 2. The molecule has 7 heteroatoms. The Morgan fingerprint density at radius 1 is 0.714 bits per heavy atom. The molecule has 2 rings (SSSR count). The second-order valence-electron chi connectivity index (χ2n) is 6.20. The first kappa shape index (κ1) is 20.0. The average Bonchev–Trinajstić information content (AvgIpc) is 2.40. The van der Waals surface area contributed by atoms with Crippen molar-refractivity contribution in [3.05, 3.63) is 0 Å². The summed E-state index contributed by atoms with van der Waals surface area (Å²) >= 11 is 13.3. The Kier molecular flexibility index (Phi) is 8.84. The summed E-state index contributed by atoms with van der Waals surface area (Å²) in [6, 6.07) is 0. The molecule has 0 saturated carbocycles. The molecule has 0 aliphatic carbocycles. The molecule has 2 aliphatic rings. The fraction of sp³-hybridized carbons (Fsp3) is 1.00. The number of alkyl halides is 2. The number of fused-ring (bicyclic) bond motifs is 3. The van der Waals surface area contributed by atoms with Gasteiger partial charge < -0.3 is 14.7 Å². The summed E-state index contributed by atoms with van der Waals surface area (Å²) in [6.07, 6.45) is 2.05. The van der Waals surface area contributed by atoms with Crippen LogP contribution in [0.25, 0.3) is 0 Å². The van der Waals surface area contributed by atoms with Gasteiger partial charge >= 0.3 is 0 Å². The minimum Gasteiger partial charge on any atom is -0.305 e. The van der Waals surface area contributed by atoms with Crippen LogP contribution in [0.4, 0.5) is 0 Å². The minimum absolute atomic E-state index is 0. The van der Waals surface area contributed by atoms with Crippen molar-refractivity contribution in [3.8, 4) is 0 Å². The Morgan fingerprint density at radius 2 is 1.29 bits per heavy atom. The van der Waals surface area contributed by atoms with Gasteiger partial charge in [0.2, 0.25) is 0 Å². The standard InChI is InChI=1S/C14H28Cl2N4.Cu/c1-17-5-3-6-19-10-8-18(2)7-4-14(15,16)20(12-9-17)13-11-19;/h3-13H2,1-2H3;. The largest absolute Gasteiger partial charge is 0.305 e. The normalized spacial score (nSPS) is 33.1. The smallest absolute Gasteiger partial charge is 0.172 e. The molecule has 0 amide bonds. The Balaban J connectivity index is 0.00000220. The molecular formula is C14H28Cl2CuN4. The molecule has 0 aromatic carbocycles. The predicted molar refractivity (Wildman–Crippen MR) is 86.7 cm³/mol. The van der Waals surface area contributed by atoms with Gasteiger partial charge in [0.1, 0.15) is 0 Å². The molecule has 21 heavy (non-hydrogen) atoms. The molecule has 4 nitrogen and oxygen atoms in total. The molecule has 0 aromatic rings. The SMILES string of the molecule is CN1CCCN2CCN(C)CCC(Cl)(Cl)N(CC1)CC2.[Cu]. The van der Waals surface area contributed by atoms with Crippen molar-refractivity contribution in [2.75, 3.05) is 73.0 Å². The molecule has 1 radical (unpaired) electrons. The van der Waals surface area contributed by atoms with Crippen LogP contribution in [0.15, 0.2) is 0 Å². The molecule has 2 saturated heterocycles. The number of halogens is 2. The van der Waals surface area contributed by atoms with Gasteiger partial charge in [0, 0.05) is 69.3 Å². The Morgan fingerprint density at radius 3 is 2.05 bits per heavy atom. The average molecular weight is 387 g/mol. The van der Waals surface area contributed by atoms with Crippen LogP contribution in [-0.4, -0.2) is 97.1 Å². The zero-order valence-electron chi connectivity index (χ0n) is 13.1. The van der Waals surface area contributed by atoms with Crippen LogP contribution in [-0.2, 0) is 17.1 Å². The van der Waals surface area contributed by atoms with E-state index in [0.717, 1.165) is 58.8 Å². The molecule has 0 spiro atoms. The summed E-state index contributed by atoms with van der Waals surface area (Å²) < 4.78 is -0.739. The van der Waals surface area contributed by atoms with E-state index in [9.17, 15) is 0 Å². The van der Waals surface area contributed by atoms with E-state index in [1.54, 1.807) is 0 Å². The van der Waals surface area contributed by atoms with E-state index in [1.165, 1.54) is 13.0 Å². The van der Waals surface area contributed by atoms with E-state index in [-0.39, 0.29) is 17.1 Å². The zero-order chi connectivity index (χ0) is 14.6. The maximum atomic E-state index is 6.63. The molecular weight excluding hydrogens is 359 g/mol. The van der Waals surface area contributed by atoms with E-state index < -0.39 is 4.46 Å². The summed E-state index contributed by atoms with van der Waals surface area (Å²) in [5.41, 5.74) is 0. The van der Waals surface area contributed by atoms with Crippen molar-refractivity contribution < 1.29 is 17.1 Å². The van der Waals surface area contributed by atoms with E-state index >= 15 is 0 Å². The maximum absolute atomic E-state index is 6.63. The van der Waals surface area contributed by atoms with Crippen LogP contribution in [0.3, 0.4) is 0 Å². The number of hydrogen-bond acceptors (Lipinski definition) is 4. The summed E-state index contributed by atoms with van der Waals surface area (Å²) in [4.78, 5) is 9.54. The van der Waals surface area contributed by atoms with Gasteiger partial charge in [0.05, 0.1) is 0 Å². The van der Waals surface area contributed by atoms with Crippen LogP contribution in [0.5, 0.6) is 0 Å². The Labute approximate surface area is 150 Å². The summed E-state index contributed by atoms with van der Waals surface area (Å²) in [7, 11) is 4.35. The van der Waals surface area contributed by atoms with Gasteiger partial charge in [-0.25, -0.2) is 0 Å². The first-order valence-corrected chi connectivity index (χ1v) is 8.45. The van der Waals surface area contributed by atoms with Crippen LogP contribution in [0, 0.1) is 0 Å². The van der Waals surface area contributed by atoms with Crippen molar-refractivity contribution in [1.82, 2.24) is 19.6 Å². The van der Waals surface area contributed by atoms with Crippen molar-refractivity contribution in [3.63, 3.8) is 0 Å². The molecule has 2 unspecified atom stereocenters. The predicted octanol–water partition coefficient (Wildman–Crippen LogP) is 1.39. The van der Waals surface area contributed by atoms with Gasteiger partial charge in [-0.15, -0.1) is 0 Å². The molecule has 2 atom stereocenters.